The molecule has 128 valence electrons. The highest BCUT2D eigenvalue weighted by atomic mass is 19.4. The highest BCUT2D eigenvalue weighted by Crippen LogP contribution is 2.30. The summed E-state index contributed by atoms with van der Waals surface area (Å²) in [6.45, 7) is 1.74. The Hall–Kier alpha value is -3.09. The molecule has 0 fully saturated rings. The lowest BCUT2D eigenvalue weighted by atomic mass is 10.2. The first-order valence-electron chi connectivity index (χ1n) is 7.52. The minimum atomic E-state index is -4.35. The Morgan fingerprint density at radius 2 is 1.28 bits per heavy atom. The first-order valence-corrected chi connectivity index (χ1v) is 7.52. The second-order valence-electron chi connectivity index (χ2n) is 5.38. The molecule has 0 aliphatic carbocycles. The van der Waals surface area contributed by atoms with E-state index in [-0.39, 0.29) is 0 Å². The molecule has 25 heavy (non-hydrogen) atoms. The Balaban J connectivity index is 1.78. The van der Waals surface area contributed by atoms with Crippen LogP contribution in [-0.2, 0) is 6.18 Å². The van der Waals surface area contributed by atoms with Gasteiger partial charge in [0, 0.05) is 17.4 Å². The molecule has 1 heterocycles. The summed E-state index contributed by atoms with van der Waals surface area (Å²) in [5.74, 6) is 1.62. The Morgan fingerprint density at radius 1 is 0.760 bits per heavy atom. The van der Waals surface area contributed by atoms with Gasteiger partial charge in [0.25, 0.3) is 0 Å². The van der Waals surface area contributed by atoms with Crippen LogP contribution >= 0.6 is 0 Å². The Labute approximate surface area is 142 Å². The van der Waals surface area contributed by atoms with Gasteiger partial charge in [-0.1, -0.05) is 18.2 Å². The zero-order valence-corrected chi connectivity index (χ0v) is 13.3. The van der Waals surface area contributed by atoms with Gasteiger partial charge in [-0.2, -0.15) is 13.2 Å². The second kappa shape index (κ2) is 6.80. The minimum absolute atomic E-state index is 0.491. The van der Waals surface area contributed by atoms with Crippen molar-refractivity contribution in [3.05, 3.63) is 72.1 Å². The van der Waals surface area contributed by atoms with Crippen molar-refractivity contribution in [1.82, 2.24) is 9.97 Å². The number of hydrogen-bond acceptors (Lipinski definition) is 4. The topological polar surface area (TPSA) is 49.8 Å². The summed E-state index contributed by atoms with van der Waals surface area (Å²) >= 11 is 0. The molecule has 3 aromatic rings. The Kier molecular flexibility index (Phi) is 4.56. The van der Waals surface area contributed by atoms with E-state index in [9.17, 15) is 13.2 Å². The van der Waals surface area contributed by atoms with E-state index in [1.165, 1.54) is 12.1 Å². The lowest BCUT2D eigenvalue weighted by Crippen LogP contribution is -2.05. The van der Waals surface area contributed by atoms with E-state index in [4.69, 9.17) is 0 Å². The number of rotatable bonds is 4. The van der Waals surface area contributed by atoms with Crippen LogP contribution in [0, 0.1) is 6.92 Å². The van der Waals surface area contributed by atoms with Gasteiger partial charge >= 0.3 is 6.18 Å². The predicted octanol–water partition coefficient (Wildman–Crippen LogP) is 5.29. The first kappa shape index (κ1) is 16.8. The zero-order valence-electron chi connectivity index (χ0n) is 13.3. The van der Waals surface area contributed by atoms with Gasteiger partial charge in [-0.3, -0.25) is 0 Å². The van der Waals surface area contributed by atoms with Crippen LogP contribution in [-0.4, -0.2) is 9.97 Å². The van der Waals surface area contributed by atoms with Crippen LogP contribution in [0.3, 0.4) is 0 Å². The van der Waals surface area contributed by atoms with E-state index < -0.39 is 11.7 Å². The molecule has 0 saturated carbocycles. The molecule has 0 bridgehead atoms. The average Bonchev–Trinajstić information content (AvgIpc) is 2.55. The van der Waals surface area contributed by atoms with Crippen molar-refractivity contribution < 1.29 is 13.2 Å². The van der Waals surface area contributed by atoms with Gasteiger partial charge in [0.05, 0.1) is 5.56 Å². The number of para-hydroxylation sites is 1. The maximum atomic E-state index is 12.6. The highest BCUT2D eigenvalue weighted by Gasteiger charge is 2.29. The normalized spacial score (nSPS) is 11.2. The summed E-state index contributed by atoms with van der Waals surface area (Å²) in [5, 5.41) is 6.15. The van der Waals surface area contributed by atoms with Crippen LogP contribution in [0.2, 0.25) is 0 Å². The lowest BCUT2D eigenvalue weighted by molar-refractivity contribution is -0.137. The molecule has 0 amide bonds. The van der Waals surface area contributed by atoms with Crippen molar-refractivity contribution in [1.29, 1.82) is 0 Å². The fraction of sp³-hybridized carbons (Fsp3) is 0.111. The van der Waals surface area contributed by atoms with E-state index in [0.29, 0.717) is 23.1 Å². The molecule has 0 spiro atoms. The van der Waals surface area contributed by atoms with E-state index in [1.807, 2.05) is 30.3 Å². The molecule has 1 aromatic heterocycles. The SMILES string of the molecule is Cc1nc(Nc2ccccc2)cc(Nc2ccc(C(F)(F)F)cc2)n1. The predicted molar refractivity (Wildman–Crippen MR) is 91.2 cm³/mol. The van der Waals surface area contributed by atoms with Crippen LogP contribution in [0.25, 0.3) is 0 Å². The van der Waals surface area contributed by atoms with E-state index in [0.717, 1.165) is 17.8 Å². The summed E-state index contributed by atoms with van der Waals surface area (Å²) < 4.78 is 37.8. The highest BCUT2D eigenvalue weighted by molar-refractivity contribution is 5.63. The molecular formula is C18H15F3N4. The maximum Gasteiger partial charge on any atom is 0.416 e. The number of nitrogens with one attached hydrogen (secondary N) is 2. The summed E-state index contributed by atoms with van der Waals surface area (Å²) in [4.78, 5) is 8.56. The number of alkyl halides is 3. The molecule has 3 rings (SSSR count). The van der Waals surface area contributed by atoms with Crippen molar-refractivity contribution in [2.75, 3.05) is 10.6 Å². The van der Waals surface area contributed by atoms with Crippen molar-refractivity contribution in [2.45, 2.75) is 13.1 Å². The van der Waals surface area contributed by atoms with Gasteiger partial charge in [-0.05, 0) is 43.3 Å². The molecule has 7 heteroatoms. The third kappa shape index (κ3) is 4.47. The van der Waals surface area contributed by atoms with Crippen LogP contribution in [0.5, 0.6) is 0 Å². The molecule has 0 unspecified atom stereocenters. The molecule has 0 aliphatic heterocycles. The smallest absolute Gasteiger partial charge is 0.340 e. The molecule has 2 N–H and O–H groups in total. The fourth-order valence-corrected chi connectivity index (χ4v) is 2.26. The quantitative estimate of drug-likeness (QED) is 0.675. The number of aromatic nitrogens is 2. The van der Waals surface area contributed by atoms with Gasteiger partial charge in [-0.15, -0.1) is 0 Å². The van der Waals surface area contributed by atoms with Crippen LogP contribution < -0.4 is 10.6 Å². The van der Waals surface area contributed by atoms with Crippen LogP contribution in [0.1, 0.15) is 11.4 Å². The molecule has 0 radical (unpaired) electrons. The summed E-state index contributed by atoms with van der Waals surface area (Å²) in [7, 11) is 0. The van der Waals surface area contributed by atoms with Gasteiger partial charge in [-0.25, -0.2) is 9.97 Å². The first-order chi connectivity index (χ1) is 11.9. The molecule has 2 aromatic carbocycles. The van der Waals surface area contributed by atoms with Crippen molar-refractivity contribution in [3.8, 4) is 0 Å². The summed E-state index contributed by atoms with van der Waals surface area (Å²) in [6.07, 6.45) is -4.35. The lowest BCUT2D eigenvalue weighted by Gasteiger charge is -2.11. The minimum Gasteiger partial charge on any atom is -0.340 e. The number of anilines is 4. The molecular weight excluding hydrogens is 329 g/mol. The maximum absolute atomic E-state index is 12.6. The number of halogens is 3. The number of nitrogens with zero attached hydrogens (tertiary/aromatic N) is 2. The van der Waals surface area contributed by atoms with Crippen LogP contribution in [0.4, 0.5) is 36.2 Å². The average molecular weight is 344 g/mol. The van der Waals surface area contributed by atoms with Crippen molar-refractivity contribution in [3.63, 3.8) is 0 Å². The largest absolute Gasteiger partial charge is 0.416 e. The Morgan fingerprint density at radius 3 is 1.80 bits per heavy atom. The Bertz CT molecular complexity index is 846. The molecule has 0 atom stereocenters. The third-order valence-electron chi connectivity index (χ3n) is 3.37. The fourth-order valence-electron chi connectivity index (χ4n) is 2.26. The van der Waals surface area contributed by atoms with Gasteiger partial charge < -0.3 is 10.6 Å². The number of aryl methyl sites for hydroxylation is 1. The molecule has 0 saturated heterocycles. The van der Waals surface area contributed by atoms with Gasteiger partial charge in [0.15, 0.2) is 0 Å². The third-order valence-corrected chi connectivity index (χ3v) is 3.37. The van der Waals surface area contributed by atoms with Gasteiger partial charge in [0.2, 0.25) is 0 Å². The second-order valence-corrected chi connectivity index (χ2v) is 5.38. The van der Waals surface area contributed by atoms with E-state index >= 15 is 0 Å². The molecule has 4 nitrogen and oxygen atoms in total. The number of hydrogen-bond donors (Lipinski definition) is 2. The van der Waals surface area contributed by atoms with E-state index in [1.54, 1.807) is 13.0 Å². The van der Waals surface area contributed by atoms with Crippen LogP contribution in [0.15, 0.2) is 60.7 Å². The summed E-state index contributed by atoms with van der Waals surface area (Å²) in [6, 6.07) is 16.0. The zero-order chi connectivity index (χ0) is 17.9. The van der Waals surface area contributed by atoms with Gasteiger partial charge in [0.1, 0.15) is 17.5 Å². The summed E-state index contributed by atoms with van der Waals surface area (Å²) in [5.41, 5.74) is 0.696. The van der Waals surface area contributed by atoms with Crippen molar-refractivity contribution in [2.24, 2.45) is 0 Å². The van der Waals surface area contributed by atoms with E-state index in [2.05, 4.69) is 20.6 Å². The van der Waals surface area contributed by atoms with Crippen molar-refractivity contribution >= 4 is 23.0 Å². The molecule has 0 aliphatic rings. The standard InChI is InChI=1S/C18H15F3N4/c1-12-22-16(24-14-5-3-2-4-6-14)11-17(23-12)25-15-9-7-13(8-10-15)18(19,20)21/h2-11H,1H3,(H2,22,23,24,25). The monoisotopic (exact) mass is 344 g/mol. The number of benzene rings is 2.